The topological polar surface area (TPSA) is 80.3 Å². The van der Waals surface area contributed by atoms with Crippen LogP contribution in [0.4, 0.5) is 10.7 Å². The minimum Gasteiger partial charge on any atom is -0.492 e. The SMILES string of the molecule is COCC(C)Nc1sc(C#N)c(N)c1OC. The van der Waals surface area contributed by atoms with Gasteiger partial charge in [0, 0.05) is 13.2 Å². The Kier molecular flexibility index (Phi) is 4.40. The first kappa shape index (κ1) is 12.6. The number of nitrogens with zero attached hydrogens (tertiary/aromatic N) is 1. The van der Waals surface area contributed by atoms with Gasteiger partial charge in [0.15, 0.2) is 5.75 Å². The van der Waals surface area contributed by atoms with Crippen LogP contribution in [0, 0.1) is 11.3 Å². The van der Waals surface area contributed by atoms with Crippen molar-refractivity contribution in [2.75, 3.05) is 31.9 Å². The summed E-state index contributed by atoms with van der Waals surface area (Å²) in [6.07, 6.45) is 0. The highest BCUT2D eigenvalue weighted by molar-refractivity contribution is 7.17. The molecule has 1 aromatic rings. The fourth-order valence-corrected chi connectivity index (χ4v) is 2.32. The van der Waals surface area contributed by atoms with Gasteiger partial charge in [-0.1, -0.05) is 0 Å². The molecule has 1 unspecified atom stereocenters. The maximum absolute atomic E-state index is 8.86. The lowest BCUT2D eigenvalue weighted by molar-refractivity contribution is 0.190. The fraction of sp³-hybridized carbons (Fsp3) is 0.500. The molecule has 1 rings (SSSR count). The Morgan fingerprint density at radius 3 is 2.75 bits per heavy atom. The Hall–Kier alpha value is -1.45. The van der Waals surface area contributed by atoms with E-state index in [0.29, 0.717) is 22.9 Å². The lowest BCUT2D eigenvalue weighted by Crippen LogP contribution is -2.20. The molecular formula is C10H15N3O2S. The third kappa shape index (κ3) is 2.56. The lowest BCUT2D eigenvalue weighted by Gasteiger charge is -2.13. The molecule has 1 aromatic heterocycles. The molecule has 1 atom stereocenters. The summed E-state index contributed by atoms with van der Waals surface area (Å²) in [6.45, 7) is 2.55. The third-order valence-electron chi connectivity index (χ3n) is 2.00. The summed E-state index contributed by atoms with van der Waals surface area (Å²) in [4.78, 5) is 0.462. The van der Waals surface area contributed by atoms with Crippen LogP contribution in [0.3, 0.4) is 0 Å². The molecule has 0 fully saturated rings. The van der Waals surface area contributed by atoms with E-state index < -0.39 is 0 Å². The molecule has 0 amide bonds. The Morgan fingerprint density at radius 2 is 2.25 bits per heavy atom. The number of thiophene rings is 1. The van der Waals surface area contributed by atoms with Crippen LogP contribution in [0.5, 0.6) is 5.75 Å². The second-order valence-corrected chi connectivity index (χ2v) is 4.34. The highest BCUT2D eigenvalue weighted by Crippen LogP contribution is 2.42. The van der Waals surface area contributed by atoms with E-state index >= 15 is 0 Å². The molecule has 0 aliphatic heterocycles. The lowest BCUT2D eigenvalue weighted by atomic mass is 10.3. The zero-order valence-corrected chi connectivity index (χ0v) is 10.4. The smallest absolute Gasteiger partial charge is 0.177 e. The van der Waals surface area contributed by atoms with E-state index in [-0.39, 0.29) is 6.04 Å². The Bertz CT molecular complexity index is 398. The van der Waals surface area contributed by atoms with Crippen LogP contribution in [-0.4, -0.2) is 26.9 Å². The summed E-state index contributed by atoms with van der Waals surface area (Å²) in [6, 6.07) is 2.17. The van der Waals surface area contributed by atoms with Gasteiger partial charge in [-0.2, -0.15) is 5.26 Å². The summed E-state index contributed by atoms with van der Waals surface area (Å²) in [5.41, 5.74) is 6.16. The van der Waals surface area contributed by atoms with Crippen LogP contribution in [-0.2, 0) is 4.74 Å². The molecule has 5 nitrogen and oxygen atoms in total. The summed E-state index contributed by atoms with van der Waals surface area (Å²) >= 11 is 1.29. The van der Waals surface area contributed by atoms with Gasteiger partial charge >= 0.3 is 0 Å². The predicted octanol–water partition coefficient (Wildman–Crippen LogP) is 1.66. The van der Waals surface area contributed by atoms with E-state index in [1.807, 2.05) is 13.0 Å². The van der Waals surface area contributed by atoms with Crippen molar-refractivity contribution >= 4 is 22.0 Å². The number of methoxy groups -OCH3 is 2. The summed E-state index contributed by atoms with van der Waals surface area (Å²) in [7, 11) is 3.17. The normalized spacial score (nSPS) is 11.9. The number of nitriles is 1. The van der Waals surface area contributed by atoms with Crippen molar-refractivity contribution in [2.24, 2.45) is 0 Å². The van der Waals surface area contributed by atoms with Gasteiger partial charge in [-0.05, 0) is 6.92 Å². The molecule has 16 heavy (non-hydrogen) atoms. The van der Waals surface area contributed by atoms with Crippen molar-refractivity contribution in [3.8, 4) is 11.8 Å². The molecule has 0 aliphatic rings. The molecule has 3 N–H and O–H groups in total. The number of nitrogen functional groups attached to an aromatic ring is 1. The van der Waals surface area contributed by atoms with Crippen LogP contribution >= 0.6 is 11.3 Å². The fourth-order valence-electron chi connectivity index (χ4n) is 1.32. The second-order valence-electron chi connectivity index (χ2n) is 3.32. The van der Waals surface area contributed by atoms with Crippen LogP contribution in [0.25, 0.3) is 0 Å². The van der Waals surface area contributed by atoms with Gasteiger partial charge in [0.2, 0.25) is 0 Å². The second kappa shape index (κ2) is 5.58. The molecule has 0 bridgehead atoms. The van der Waals surface area contributed by atoms with Crippen LogP contribution in [0.15, 0.2) is 0 Å². The van der Waals surface area contributed by atoms with Crippen molar-refractivity contribution in [3.05, 3.63) is 4.88 Å². The van der Waals surface area contributed by atoms with Crippen LogP contribution in [0.1, 0.15) is 11.8 Å². The van der Waals surface area contributed by atoms with E-state index in [2.05, 4.69) is 5.32 Å². The number of hydrogen-bond donors (Lipinski definition) is 2. The highest BCUT2D eigenvalue weighted by atomic mass is 32.1. The van der Waals surface area contributed by atoms with Crippen molar-refractivity contribution in [1.82, 2.24) is 0 Å². The molecule has 0 spiro atoms. The van der Waals surface area contributed by atoms with Crippen molar-refractivity contribution in [3.63, 3.8) is 0 Å². The number of nitrogens with one attached hydrogen (secondary N) is 1. The van der Waals surface area contributed by atoms with Crippen LogP contribution in [0.2, 0.25) is 0 Å². The zero-order valence-electron chi connectivity index (χ0n) is 9.53. The molecule has 0 aromatic carbocycles. The maximum Gasteiger partial charge on any atom is 0.177 e. The van der Waals surface area contributed by atoms with E-state index in [1.54, 1.807) is 7.11 Å². The first-order chi connectivity index (χ1) is 7.63. The van der Waals surface area contributed by atoms with Gasteiger partial charge < -0.3 is 20.5 Å². The summed E-state index contributed by atoms with van der Waals surface area (Å²) in [5, 5.41) is 12.8. The van der Waals surface area contributed by atoms with E-state index in [0.717, 1.165) is 5.00 Å². The van der Waals surface area contributed by atoms with E-state index in [9.17, 15) is 0 Å². The summed E-state index contributed by atoms with van der Waals surface area (Å²) in [5.74, 6) is 0.532. The molecule has 0 radical (unpaired) electrons. The molecular weight excluding hydrogens is 226 g/mol. The maximum atomic E-state index is 8.86. The quantitative estimate of drug-likeness (QED) is 0.819. The summed E-state index contributed by atoms with van der Waals surface area (Å²) < 4.78 is 10.2. The van der Waals surface area contributed by atoms with Crippen molar-refractivity contribution < 1.29 is 9.47 Å². The number of anilines is 2. The Balaban J connectivity index is 2.91. The molecule has 1 heterocycles. The largest absolute Gasteiger partial charge is 0.492 e. The minimum atomic E-state index is 0.128. The number of rotatable bonds is 5. The molecule has 0 aliphatic carbocycles. The Labute approximate surface area is 98.8 Å². The molecule has 0 saturated carbocycles. The Morgan fingerprint density at radius 1 is 1.56 bits per heavy atom. The van der Waals surface area contributed by atoms with Crippen molar-refractivity contribution in [1.29, 1.82) is 5.26 Å². The number of ether oxygens (including phenoxy) is 2. The van der Waals surface area contributed by atoms with Gasteiger partial charge in [0.05, 0.1) is 13.7 Å². The van der Waals surface area contributed by atoms with E-state index in [4.69, 9.17) is 20.5 Å². The third-order valence-corrected chi connectivity index (χ3v) is 3.02. The average Bonchev–Trinajstić information content (AvgIpc) is 2.54. The molecule has 0 saturated heterocycles. The predicted molar refractivity (Wildman–Crippen MR) is 65.0 cm³/mol. The standard InChI is InChI=1S/C10H15N3O2S/c1-6(5-14-2)13-10-9(15-3)8(12)7(4-11)16-10/h6,13H,5,12H2,1-3H3. The number of hydrogen-bond acceptors (Lipinski definition) is 6. The van der Waals surface area contributed by atoms with Gasteiger partial charge in [-0.3, -0.25) is 0 Å². The van der Waals surface area contributed by atoms with Crippen LogP contribution < -0.4 is 15.8 Å². The first-order valence-electron chi connectivity index (χ1n) is 4.75. The molecule has 6 heteroatoms. The monoisotopic (exact) mass is 241 g/mol. The van der Waals surface area contributed by atoms with Gasteiger partial charge in [0.25, 0.3) is 0 Å². The highest BCUT2D eigenvalue weighted by Gasteiger charge is 2.17. The van der Waals surface area contributed by atoms with Gasteiger partial charge in [-0.25, -0.2) is 0 Å². The average molecular weight is 241 g/mol. The molecule has 88 valence electrons. The number of nitrogens with two attached hydrogens (primary N) is 1. The van der Waals surface area contributed by atoms with Gasteiger partial charge in [0.1, 0.15) is 21.6 Å². The first-order valence-corrected chi connectivity index (χ1v) is 5.57. The zero-order chi connectivity index (χ0) is 12.1. The van der Waals surface area contributed by atoms with E-state index in [1.165, 1.54) is 18.4 Å². The van der Waals surface area contributed by atoms with Crippen molar-refractivity contribution in [2.45, 2.75) is 13.0 Å². The van der Waals surface area contributed by atoms with Gasteiger partial charge in [-0.15, -0.1) is 11.3 Å². The minimum absolute atomic E-state index is 0.128.